The first kappa shape index (κ1) is 15.1. The van der Waals surface area contributed by atoms with E-state index in [2.05, 4.69) is 0 Å². The van der Waals surface area contributed by atoms with Crippen molar-refractivity contribution in [2.75, 3.05) is 13.1 Å². The van der Waals surface area contributed by atoms with E-state index in [1.807, 2.05) is 42.2 Å². The second-order valence-corrected chi connectivity index (χ2v) is 6.70. The fourth-order valence-electron chi connectivity index (χ4n) is 3.58. The molecule has 22 heavy (non-hydrogen) atoms. The lowest BCUT2D eigenvalue weighted by atomic mass is 9.72. The number of nitrogens with zero attached hydrogens (tertiary/aromatic N) is 1. The normalized spacial score (nSPS) is 22.1. The number of piperidine rings is 1. The Morgan fingerprint density at radius 2 is 1.77 bits per heavy atom. The summed E-state index contributed by atoms with van der Waals surface area (Å²) in [6.07, 6.45) is 3.30. The molecule has 0 aromatic heterocycles. The number of rotatable bonds is 4. The van der Waals surface area contributed by atoms with Gasteiger partial charge in [-0.05, 0) is 37.2 Å². The number of likely N-dealkylation sites (tertiary alicyclic amines) is 1. The molecule has 1 N–H and O–H groups in total. The average Bonchev–Trinajstić information content (AvgIpc) is 3.39. The topological polar surface area (TPSA) is 57.6 Å². The van der Waals surface area contributed by atoms with E-state index in [0.717, 1.165) is 18.4 Å². The Labute approximate surface area is 131 Å². The van der Waals surface area contributed by atoms with Gasteiger partial charge in [0.15, 0.2) is 0 Å². The van der Waals surface area contributed by atoms with Gasteiger partial charge in [-0.3, -0.25) is 9.59 Å². The van der Waals surface area contributed by atoms with Crippen molar-refractivity contribution >= 4 is 11.9 Å². The molecule has 1 aliphatic carbocycles. The van der Waals surface area contributed by atoms with Crippen LogP contribution < -0.4 is 0 Å². The van der Waals surface area contributed by atoms with Crippen molar-refractivity contribution in [3.8, 4) is 0 Å². The van der Waals surface area contributed by atoms with Crippen molar-refractivity contribution < 1.29 is 14.7 Å². The minimum atomic E-state index is -0.846. The third-order valence-electron chi connectivity index (χ3n) is 5.38. The fourth-order valence-corrected chi connectivity index (χ4v) is 3.58. The van der Waals surface area contributed by atoms with Crippen molar-refractivity contribution in [3.05, 3.63) is 35.9 Å². The molecule has 1 atom stereocenters. The summed E-state index contributed by atoms with van der Waals surface area (Å²) in [7, 11) is 0. The Balaban J connectivity index is 1.73. The molecule has 2 aliphatic rings. The van der Waals surface area contributed by atoms with Crippen LogP contribution in [0.5, 0.6) is 0 Å². The first-order valence-corrected chi connectivity index (χ1v) is 8.12. The van der Waals surface area contributed by atoms with E-state index in [0.29, 0.717) is 31.8 Å². The lowest BCUT2D eigenvalue weighted by Crippen LogP contribution is -2.50. The number of hydrogen-bond acceptors (Lipinski definition) is 2. The summed E-state index contributed by atoms with van der Waals surface area (Å²) in [6.45, 7) is 3.09. The summed E-state index contributed by atoms with van der Waals surface area (Å²) in [5.41, 5.74) is 0.00533. The van der Waals surface area contributed by atoms with Gasteiger partial charge >= 0.3 is 5.97 Å². The second kappa shape index (κ2) is 5.75. The number of carbonyl (C=O) groups excluding carboxylic acids is 1. The van der Waals surface area contributed by atoms with Gasteiger partial charge in [0.25, 0.3) is 0 Å². The van der Waals surface area contributed by atoms with Crippen LogP contribution in [0.3, 0.4) is 0 Å². The molecule has 1 aliphatic heterocycles. The molecule has 0 spiro atoms. The van der Waals surface area contributed by atoms with Crippen molar-refractivity contribution in [2.24, 2.45) is 11.8 Å². The molecular weight excluding hydrogens is 278 g/mol. The lowest BCUT2D eigenvalue weighted by molar-refractivity contribution is -0.149. The zero-order valence-corrected chi connectivity index (χ0v) is 13.0. The highest BCUT2D eigenvalue weighted by Crippen LogP contribution is 2.40. The molecule has 1 heterocycles. The molecule has 2 fully saturated rings. The summed E-state index contributed by atoms with van der Waals surface area (Å²) in [6, 6.07) is 9.44. The Bertz CT molecular complexity index is 557. The maximum absolute atomic E-state index is 12.5. The molecule has 3 rings (SSSR count). The first-order chi connectivity index (χ1) is 10.5. The summed E-state index contributed by atoms with van der Waals surface area (Å²) in [4.78, 5) is 26.2. The van der Waals surface area contributed by atoms with Crippen LogP contribution in [0.4, 0.5) is 0 Å². The van der Waals surface area contributed by atoms with E-state index in [-0.39, 0.29) is 11.8 Å². The number of hydrogen-bond donors (Lipinski definition) is 1. The van der Waals surface area contributed by atoms with Crippen LogP contribution in [0.15, 0.2) is 30.3 Å². The molecule has 4 heteroatoms. The van der Waals surface area contributed by atoms with Gasteiger partial charge < -0.3 is 10.0 Å². The number of benzene rings is 1. The molecule has 1 amide bonds. The Morgan fingerprint density at radius 1 is 1.18 bits per heavy atom. The molecular formula is C18H23NO3. The summed E-state index contributed by atoms with van der Waals surface area (Å²) in [5.74, 6) is 0.0671. The van der Waals surface area contributed by atoms with Gasteiger partial charge in [0, 0.05) is 19.0 Å². The highest BCUT2D eigenvalue weighted by Gasteiger charge is 2.45. The molecule has 118 valence electrons. The van der Waals surface area contributed by atoms with Crippen LogP contribution in [0.25, 0.3) is 0 Å². The minimum Gasteiger partial charge on any atom is -0.481 e. The van der Waals surface area contributed by atoms with Gasteiger partial charge in [0.2, 0.25) is 5.91 Å². The van der Waals surface area contributed by atoms with Gasteiger partial charge in [0.1, 0.15) is 0 Å². The van der Waals surface area contributed by atoms with Gasteiger partial charge in [-0.2, -0.15) is 0 Å². The molecule has 1 unspecified atom stereocenters. The molecule has 0 radical (unpaired) electrons. The SMILES string of the molecule is CC(C(=O)N1CCC(C(=O)O)(c2ccccc2)CC1)C1CC1. The maximum Gasteiger partial charge on any atom is 0.314 e. The standard InChI is InChI=1S/C18H23NO3/c1-13(14-7-8-14)16(20)19-11-9-18(10-12-19,17(21)22)15-5-3-2-4-6-15/h2-6,13-14H,7-12H2,1H3,(H,21,22). The van der Waals surface area contributed by atoms with Crippen molar-refractivity contribution in [3.63, 3.8) is 0 Å². The second-order valence-electron chi connectivity index (χ2n) is 6.70. The molecule has 1 aromatic carbocycles. The molecule has 4 nitrogen and oxygen atoms in total. The maximum atomic E-state index is 12.5. The number of carbonyl (C=O) groups is 2. The smallest absolute Gasteiger partial charge is 0.314 e. The van der Waals surface area contributed by atoms with Gasteiger partial charge in [-0.15, -0.1) is 0 Å². The van der Waals surface area contributed by atoms with E-state index in [1.165, 1.54) is 0 Å². The quantitative estimate of drug-likeness (QED) is 0.930. The fraction of sp³-hybridized carbons (Fsp3) is 0.556. The molecule has 1 saturated heterocycles. The van der Waals surface area contributed by atoms with Gasteiger partial charge in [-0.1, -0.05) is 37.3 Å². The highest BCUT2D eigenvalue weighted by atomic mass is 16.4. The third-order valence-corrected chi connectivity index (χ3v) is 5.38. The van der Waals surface area contributed by atoms with Crippen molar-refractivity contribution in [1.82, 2.24) is 4.90 Å². The zero-order chi connectivity index (χ0) is 15.7. The third kappa shape index (κ3) is 2.62. The average molecular weight is 301 g/mol. The van der Waals surface area contributed by atoms with E-state index in [1.54, 1.807) is 0 Å². The highest BCUT2D eigenvalue weighted by molar-refractivity contribution is 5.83. The van der Waals surface area contributed by atoms with Crippen molar-refractivity contribution in [1.29, 1.82) is 0 Å². The summed E-state index contributed by atoms with van der Waals surface area (Å²) < 4.78 is 0. The Hall–Kier alpha value is -1.84. The summed E-state index contributed by atoms with van der Waals surface area (Å²) >= 11 is 0. The predicted molar refractivity (Wildman–Crippen MR) is 83.5 cm³/mol. The number of amides is 1. The minimum absolute atomic E-state index is 0.0917. The lowest BCUT2D eigenvalue weighted by Gasteiger charge is -2.40. The first-order valence-electron chi connectivity index (χ1n) is 8.12. The van der Waals surface area contributed by atoms with Crippen LogP contribution in [0.2, 0.25) is 0 Å². The van der Waals surface area contributed by atoms with Crippen LogP contribution in [-0.2, 0) is 15.0 Å². The van der Waals surface area contributed by atoms with E-state index >= 15 is 0 Å². The summed E-state index contributed by atoms with van der Waals surface area (Å²) in [5, 5.41) is 9.77. The monoisotopic (exact) mass is 301 g/mol. The Kier molecular flexibility index (Phi) is 3.94. The van der Waals surface area contributed by atoms with E-state index in [9.17, 15) is 14.7 Å². The van der Waals surface area contributed by atoms with Crippen molar-refractivity contribution in [2.45, 2.75) is 38.0 Å². The number of carboxylic acids is 1. The van der Waals surface area contributed by atoms with Gasteiger partial charge in [-0.25, -0.2) is 0 Å². The van der Waals surface area contributed by atoms with Crippen LogP contribution in [0.1, 0.15) is 38.2 Å². The van der Waals surface area contributed by atoms with Crippen LogP contribution >= 0.6 is 0 Å². The van der Waals surface area contributed by atoms with Gasteiger partial charge in [0.05, 0.1) is 5.41 Å². The molecule has 1 saturated carbocycles. The largest absolute Gasteiger partial charge is 0.481 e. The van der Waals surface area contributed by atoms with E-state index in [4.69, 9.17) is 0 Å². The predicted octanol–water partition coefficient (Wildman–Crippen LogP) is 2.68. The zero-order valence-electron chi connectivity index (χ0n) is 13.0. The van der Waals surface area contributed by atoms with Crippen LogP contribution in [0, 0.1) is 11.8 Å². The number of carboxylic acid groups (broad SMARTS) is 1. The van der Waals surface area contributed by atoms with E-state index < -0.39 is 11.4 Å². The molecule has 0 bridgehead atoms. The number of aliphatic carboxylic acids is 1. The molecule has 1 aromatic rings. The van der Waals surface area contributed by atoms with Crippen LogP contribution in [-0.4, -0.2) is 35.0 Å². The Morgan fingerprint density at radius 3 is 2.27 bits per heavy atom.